The third kappa shape index (κ3) is 2.18. The number of carboxylic acids is 2. The number of rotatable bonds is 3. The Labute approximate surface area is 159 Å². The van der Waals surface area contributed by atoms with Gasteiger partial charge in [0.25, 0.3) is 5.41 Å². The van der Waals surface area contributed by atoms with Crippen LogP contribution >= 0.6 is 0 Å². The summed E-state index contributed by atoms with van der Waals surface area (Å²) in [5.74, 6) is -4.57. The monoisotopic (exact) mass is 376 g/mol. The van der Waals surface area contributed by atoms with Crippen LogP contribution in [0, 0.1) is 5.41 Å². The van der Waals surface area contributed by atoms with Crippen molar-refractivity contribution in [3.05, 3.63) is 89.2 Å². The van der Waals surface area contributed by atoms with Gasteiger partial charge < -0.3 is 20.4 Å². The van der Waals surface area contributed by atoms with Crippen LogP contribution in [0.4, 0.5) is 0 Å². The van der Waals surface area contributed by atoms with Gasteiger partial charge in [0.2, 0.25) is 0 Å². The van der Waals surface area contributed by atoms with Crippen LogP contribution in [0.5, 0.6) is 0 Å². The maximum Gasteiger partial charge on any atom is 0.332 e. The number of hydrogen-bond acceptors (Lipinski definition) is 4. The molecule has 6 nitrogen and oxygen atoms in total. The minimum Gasteiger partial charge on any atom is -0.510 e. The minimum atomic E-state index is -2.90. The molecular formula is C22H16O6. The first-order chi connectivity index (χ1) is 13.4. The minimum absolute atomic E-state index is 0.0856. The quantitative estimate of drug-likeness (QED) is 0.521. The van der Waals surface area contributed by atoms with Crippen LogP contribution < -0.4 is 0 Å². The van der Waals surface area contributed by atoms with E-state index < -0.39 is 29.2 Å². The van der Waals surface area contributed by atoms with Crippen LogP contribution in [0.1, 0.15) is 22.8 Å². The van der Waals surface area contributed by atoms with Gasteiger partial charge in [-0.1, -0.05) is 66.7 Å². The van der Waals surface area contributed by atoms with Gasteiger partial charge in [-0.15, -0.1) is 0 Å². The number of aliphatic hydroxyl groups excluding tert-OH is 2. The topological polar surface area (TPSA) is 115 Å². The maximum absolute atomic E-state index is 12.1. The first kappa shape index (κ1) is 17.8. The summed E-state index contributed by atoms with van der Waals surface area (Å²) >= 11 is 0. The van der Waals surface area contributed by atoms with Crippen LogP contribution in [-0.2, 0) is 9.59 Å². The van der Waals surface area contributed by atoms with Crippen LogP contribution in [0.25, 0.3) is 16.3 Å². The zero-order chi connectivity index (χ0) is 20.1. The second-order valence-electron chi connectivity index (χ2n) is 6.66. The fraction of sp³-hybridized carbons (Fsp3) is 0.0909. The molecule has 0 saturated heterocycles. The Morgan fingerprint density at radius 1 is 0.786 bits per heavy atom. The fourth-order valence-electron chi connectivity index (χ4n) is 3.89. The van der Waals surface area contributed by atoms with Crippen molar-refractivity contribution in [2.24, 2.45) is 5.41 Å². The lowest BCUT2D eigenvalue weighted by Gasteiger charge is -2.36. The summed E-state index contributed by atoms with van der Waals surface area (Å²) in [6, 6.07) is 19.0. The summed E-state index contributed by atoms with van der Waals surface area (Å²) in [6.07, 6.45) is -1.95. The first-order valence-corrected chi connectivity index (χ1v) is 8.56. The van der Waals surface area contributed by atoms with Gasteiger partial charge in [-0.25, -0.2) is 0 Å². The van der Waals surface area contributed by atoms with E-state index in [2.05, 4.69) is 0 Å². The largest absolute Gasteiger partial charge is 0.510 e. The van der Waals surface area contributed by atoms with Gasteiger partial charge in [0.15, 0.2) is 0 Å². The van der Waals surface area contributed by atoms with Gasteiger partial charge in [0.1, 0.15) is 11.9 Å². The molecule has 3 aromatic rings. The Hall–Kier alpha value is -3.64. The molecule has 6 heteroatoms. The Bertz CT molecular complexity index is 1140. The summed E-state index contributed by atoms with van der Waals surface area (Å²) in [5, 5.41) is 42.8. The number of aliphatic hydroxyl groups is 2. The smallest absolute Gasteiger partial charge is 0.332 e. The van der Waals surface area contributed by atoms with Crippen LogP contribution in [0.2, 0.25) is 0 Å². The van der Waals surface area contributed by atoms with Gasteiger partial charge in [-0.3, -0.25) is 9.59 Å². The Kier molecular flexibility index (Phi) is 3.94. The number of hydrogen-bond donors (Lipinski definition) is 4. The highest BCUT2D eigenvalue weighted by atomic mass is 16.4. The second-order valence-corrected chi connectivity index (χ2v) is 6.66. The molecule has 0 aliphatic heterocycles. The Balaban J connectivity index is 2.18. The molecular weight excluding hydrogens is 360 g/mol. The van der Waals surface area contributed by atoms with Crippen molar-refractivity contribution in [1.29, 1.82) is 0 Å². The van der Waals surface area contributed by atoms with E-state index in [9.17, 15) is 30.0 Å². The third-order valence-corrected chi connectivity index (χ3v) is 5.28. The summed E-state index contributed by atoms with van der Waals surface area (Å²) in [5.41, 5.74) is -1.81. The molecule has 0 heterocycles. The van der Waals surface area contributed by atoms with E-state index in [-0.39, 0.29) is 11.1 Å². The van der Waals surface area contributed by atoms with E-state index >= 15 is 0 Å². The summed E-state index contributed by atoms with van der Waals surface area (Å²) in [4.78, 5) is 24.1. The lowest BCUT2D eigenvalue weighted by Crippen LogP contribution is -2.48. The van der Waals surface area contributed by atoms with Crippen molar-refractivity contribution in [3.63, 3.8) is 0 Å². The number of benzene rings is 3. The molecule has 0 radical (unpaired) electrons. The number of fused-ring (bicyclic) bond motifs is 2. The number of aliphatic carboxylic acids is 2. The zero-order valence-corrected chi connectivity index (χ0v) is 14.5. The van der Waals surface area contributed by atoms with Gasteiger partial charge in [-0.05, 0) is 27.5 Å². The zero-order valence-electron chi connectivity index (χ0n) is 14.5. The molecule has 4 rings (SSSR count). The second kappa shape index (κ2) is 6.21. The van der Waals surface area contributed by atoms with Gasteiger partial charge in [0, 0.05) is 5.57 Å². The predicted octanol–water partition coefficient (Wildman–Crippen LogP) is 3.36. The summed E-state index contributed by atoms with van der Waals surface area (Å²) in [7, 11) is 0. The van der Waals surface area contributed by atoms with Crippen molar-refractivity contribution in [3.8, 4) is 0 Å². The van der Waals surface area contributed by atoms with Crippen molar-refractivity contribution >= 4 is 28.3 Å². The van der Waals surface area contributed by atoms with Crippen LogP contribution in [0.3, 0.4) is 0 Å². The van der Waals surface area contributed by atoms with Gasteiger partial charge >= 0.3 is 11.9 Å². The molecule has 0 bridgehead atoms. The molecule has 1 aliphatic carbocycles. The summed E-state index contributed by atoms with van der Waals surface area (Å²) < 4.78 is 0. The molecule has 28 heavy (non-hydrogen) atoms. The van der Waals surface area contributed by atoms with Crippen LogP contribution in [0.15, 0.2) is 72.5 Å². The highest BCUT2D eigenvalue weighted by Gasteiger charge is 2.61. The molecule has 140 valence electrons. The lowest BCUT2D eigenvalue weighted by molar-refractivity contribution is -0.173. The SMILES string of the molecule is O=C(O)C1(C(=O)O)C(O)=C(c2cccc3ccccc23)c2ccccc2C1O. The number of carboxylic acid groups (broad SMARTS) is 2. The van der Waals surface area contributed by atoms with Crippen molar-refractivity contribution < 1.29 is 30.0 Å². The molecule has 1 aliphatic rings. The van der Waals surface area contributed by atoms with Gasteiger partial charge in [0.05, 0.1) is 0 Å². The molecule has 4 N–H and O–H groups in total. The van der Waals surface area contributed by atoms with E-state index in [4.69, 9.17) is 0 Å². The summed E-state index contributed by atoms with van der Waals surface area (Å²) in [6.45, 7) is 0. The molecule has 3 aromatic carbocycles. The third-order valence-electron chi connectivity index (χ3n) is 5.28. The maximum atomic E-state index is 12.1. The Morgan fingerprint density at radius 2 is 1.36 bits per heavy atom. The van der Waals surface area contributed by atoms with Crippen LogP contribution in [-0.4, -0.2) is 32.4 Å². The molecule has 1 atom stereocenters. The van der Waals surface area contributed by atoms with E-state index in [1.165, 1.54) is 6.07 Å². The fourth-order valence-corrected chi connectivity index (χ4v) is 3.89. The average Bonchev–Trinajstić information content (AvgIpc) is 2.68. The van der Waals surface area contributed by atoms with Gasteiger partial charge in [-0.2, -0.15) is 0 Å². The first-order valence-electron chi connectivity index (χ1n) is 8.56. The van der Waals surface area contributed by atoms with E-state index in [0.29, 0.717) is 11.1 Å². The highest BCUT2D eigenvalue weighted by Crippen LogP contribution is 2.51. The molecule has 0 fully saturated rings. The van der Waals surface area contributed by atoms with E-state index in [1.807, 2.05) is 24.3 Å². The highest BCUT2D eigenvalue weighted by molar-refractivity contribution is 6.09. The molecule has 0 saturated carbocycles. The average molecular weight is 376 g/mol. The number of carbonyl (C=O) groups is 2. The van der Waals surface area contributed by atoms with Crippen molar-refractivity contribution in [1.82, 2.24) is 0 Å². The normalized spacial score (nSPS) is 18.0. The predicted molar refractivity (Wildman–Crippen MR) is 102 cm³/mol. The van der Waals surface area contributed by atoms with Crippen molar-refractivity contribution in [2.45, 2.75) is 6.10 Å². The Morgan fingerprint density at radius 3 is 2.07 bits per heavy atom. The standard InChI is InChI=1S/C22H16O6/c23-18-16-10-4-3-9-15(16)17(19(24)22(18,20(25)26)21(27)28)14-11-5-7-12-6-1-2-8-13(12)14/h1-11,18,23-24H,(H,25,26)(H,27,28). The van der Waals surface area contributed by atoms with Crippen molar-refractivity contribution in [2.75, 3.05) is 0 Å². The molecule has 0 amide bonds. The molecule has 0 spiro atoms. The lowest BCUT2D eigenvalue weighted by atomic mass is 9.68. The van der Waals surface area contributed by atoms with E-state index in [1.54, 1.807) is 36.4 Å². The van der Waals surface area contributed by atoms with E-state index in [0.717, 1.165) is 10.8 Å². The molecule has 0 aromatic heterocycles. The molecule has 1 unspecified atom stereocenters.